The van der Waals surface area contributed by atoms with Crippen LogP contribution in [0.2, 0.25) is 0 Å². The summed E-state index contributed by atoms with van der Waals surface area (Å²) in [6, 6.07) is 16.1. The standard InChI is InChI=1S/C35H34FN5O4/c1-39-32-26(12-23(15-30(32)45-2)34(42)41-17-22-8-10-27(41)31(22)37)38-33(39)29-14-21-6-5-20(13-28(21)40(29)16-18-3-4-18)19-7-9-25(36)24(11-19)35(43)44/h5-7,9,11-15,18,22,27,31H,3-4,8,10,16-17,37H2,1-2H3,(H,43,44)/t22?,27?,31-/m1/s1. The molecule has 3 heterocycles. The summed E-state index contributed by atoms with van der Waals surface area (Å²) >= 11 is 0. The van der Waals surface area contributed by atoms with Crippen LogP contribution in [-0.2, 0) is 13.6 Å². The van der Waals surface area contributed by atoms with Crippen LogP contribution in [0, 0.1) is 17.7 Å². The molecule has 1 amide bonds. The molecule has 2 bridgehead atoms. The molecule has 1 saturated heterocycles. The van der Waals surface area contributed by atoms with E-state index in [4.69, 9.17) is 15.5 Å². The van der Waals surface area contributed by atoms with Gasteiger partial charge < -0.3 is 29.6 Å². The molecule has 45 heavy (non-hydrogen) atoms. The van der Waals surface area contributed by atoms with E-state index in [0.29, 0.717) is 40.8 Å². The lowest BCUT2D eigenvalue weighted by Gasteiger charge is -2.27. The van der Waals surface area contributed by atoms with E-state index in [2.05, 4.69) is 10.6 Å². The summed E-state index contributed by atoms with van der Waals surface area (Å²) in [5.41, 5.74) is 11.4. The number of ether oxygens (including phenoxy) is 1. The average Bonchev–Trinajstić information content (AvgIpc) is 3.44. The lowest BCUT2D eigenvalue weighted by Crippen LogP contribution is -2.41. The molecule has 9 nitrogen and oxygen atoms in total. The minimum absolute atomic E-state index is 0.0349. The Kier molecular flexibility index (Phi) is 6.29. The quantitative estimate of drug-likeness (QED) is 0.246. The van der Waals surface area contributed by atoms with Crippen LogP contribution in [0.3, 0.4) is 0 Å². The summed E-state index contributed by atoms with van der Waals surface area (Å²) in [5, 5.41) is 10.5. The number of amides is 1. The molecule has 2 aliphatic carbocycles. The van der Waals surface area contributed by atoms with Crippen molar-refractivity contribution in [3.63, 3.8) is 0 Å². The number of hydrogen-bond donors (Lipinski definition) is 2. The molecule has 3 aromatic carbocycles. The minimum Gasteiger partial charge on any atom is -0.494 e. The Balaban J connectivity index is 1.24. The summed E-state index contributed by atoms with van der Waals surface area (Å²) in [6.07, 6.45) is 4.33. The first-order chi connectivity index (χ1) is 21.7. The number of aryl methyl sites for hydroxylation is 1. The SMILES string of the molecule is COc1cc(C(=O)N2CC3CCC2[C@@H]3N)cc2nc(-c3cc4ccc(-c5ccc(F)c(C(=O)O)c5)cc4n3CC3CC3)n(C)c12. The second-order valence-corrected chi connectivity index (χ2v) is 12.8. The van der Waals surface area contributed by atoms with Crippen molar-refractivity contribution in [1.82, 2.24) is 19.0 Å². The van der Waals surface area contributed by atoms with Gasteiger partial charge in [0.2, 0.25) is 0 Å². The fourth-order valence-corrected chi connectivity index (χ4v) is 7.51. The number of aromatic nitrogens is 3. The van der Waals surface area contributed by atoms with Crippen molar-refractivity contribution in [2.45, 2.75) is 44.3 Å². The molecule has 0 spiro atoms. The normalized spacial score (nSPS) is 20.9. The van der Waals surface area contributed by atoms with Gasteiger partial charge in [0.1, 0.15) is 17.1 Å². The third-order valence-corrected chi connectivity index (χ3v) is 10.1. The number of piperidine rings is 1. The number of likely N-dealkylation sites (tertiary alicyclic amines) is 1. The monoisotopic (exact) mass is 607 g/mol. The number of hydrogen-bond acceptors (Lipinski definition) is 5. The number of fused-ring (bicyclic) bond motifs is 4. The summed E-state index contributed by atoms with van der Waals surface area (Å²) < 4.78 is 24.3. The molecule has 230 valence electrons. The molecule has 0 radical (unpaired) electrons. The zero-order valence-corrected chi connectivity index (χ0v) is 25.2. The summed E-state index contributed by atoms with van der Waals surface area (Å²) in [6.45, 7) is 1.51. The van der Waals surface area contributed by atoms with Gasteiger partial charge >= 0.3 is 5.97 Å². The second kappa shape index (κ2) is 10.2. The van der Waals surface area contributed by atoms with E-state index >= 15 is 0 Å². The van der Waals surface area contributed by atoms with Gasteiger partial charge in [-0.05, 0) is 85.0 Å². The Hall–Kier alpha value is -4.70. The van der Waals surface area contributed by atoms with Crippen LogP contribution in [-0.4, -0.2) is 61.7 Å². The van der Waals surface area contributed by atoms with Gasteiger partial charge in [-0.1, -0.05) is 18.2 Å². The van der Waals surface area contributed by atoms with E-state index in [9.17, 15) is 19.1 Å². The van der Waals surface area contributed by atoms with Gasteiger partial charge in [-0.15, -0.1) is 0 Å². The highest BCUT2D eigenvalue weighted by atomic mass is 19.1. The van der Waals surface area contributed by atoms with E-state index in [1.54, 1.807) is 13.2 Å². The Morgan fingerprint density at radius 3 is 2.51 bits per heavy atom. The highest BCUT2D eigenvalue weighted by Crippen LogP contribution is 2.41. The average molecular weight is 608 g/mol. The van der Waals surface area contributed by atoms with Crippen LogP contribution in [0.5, 0.6) is 5.75 Å². The molecule has 3 N–H and O–H groups in total. The number of methoxy groups -OCH3 is 1. The summed E-state index contributed by atoms with van der Waals surface area (Å²) in [5.74, 6) is 0.169. The number of aromatic carboxylic acids is 1. The van der Waals surface area contributed by atoms with Crippen LogP contribution in [0.1, 0.15) is 46.4 Å². The van der Waals surface area contributed by atoms with Crippen LogP contribution < -0.4 is 10.5 Å². The number of benzene rings is 3. The maximum Gasteiger partial charge on any atom is 0.338 e. The third kappa shape index (κ3) is 4.41. The van der Waals surface area contributed by atoms with Crippen molar-refractivity contribution in [3.05, 3.63) is 71.5 Å². The van der Waals surface area contributed by atoms with Crippen molar-refractivity contribution in [3.8, 4) is 28.4 Å². The maximum absolute atomic E-state index is 14.1. The van der Waals surface area contributed by atoms with E-state index in [1.807, 2.05) is 46.8 Å². The van der Waals surface area contributed by atoms with Crippen LogP contribution >= 0.6 is 0 Å². The Morgan fingerprint density at radius 1 is 1.04 bits per heavy atom. The van der Waals surface area contributed by atoms with Gasteiger partial charge in [0, 0.05) is 48.7 Å². The second-order valence-electron chi connectivity index (χ2n) is 12.8. The molecule has 2 unspecified atom stereocenters. The fourth-order valence-electron chi connectivity index (χ4n) is 7.51. The Labute approximate surface area is 259 Å². The molecule has 8 rings (SSSR count). The first-order valence-electron chi connectivity index (χ1n) is 15.5. The maximum atomic E-state index is 14.1. The summed E-state index contributed by atoms with van der Waals surface area (Å²) in [4.78, 5) is 32.3. The smallest absolute Gasteiger partial charge is 0.338 e. The molecule has 1 aliphatic heterocycles. The van der Waals surface area contributed by atoms with Crippen LogP contribution in [0.4, 0.5) is 4.39 Å². The van der Waals surface area contributed by atoms with Crippen molar-refractivity contribution < 1.29 is 23.8 Å². The fraction of sp³-hybridized carbons (Fsp3) is 0.343. The largest absolute Gasteiger partial charge is 0.494 e. The van der Waals surface area contributed by atoms with E-state index < -0.39 is 11.8 Å². The first-order valence-corrected chi connectivity index (χ1v) is 15.5. The molecule has 3 aliphatic rings. The van der Waals surface area contributed by atoms with E-state index in [0.717, 1.165) is 65.7 Å². The first kappa shape index (κ1) is 27.8. The lowest BCUT2D eigenvalue weighted by atomic mass is 10.0. The van der Waals surface area contributed by atoms with Crippen LogP contribution in [0.15, 0.2) is 54.6 Å². The van der Waals surface area contributed by atoms with E-state index in [-0.39, 0.29) is 23.6 Å². The Morgan fingerprint density at radius 2 is 1.82 bits per heavy atom. The number of carbonyl (C=O) groups excluding carboxylic acids is 1. The number of carboxylic acid groups (broad SMARTS) is 1. The lowest BCUT2D eigenvalue weighted by molar-refractivity contribution is 0.0686. The minimum atomic E-state index is -1.30. The zero-order valence-electron chi connectivity index (χ0n) is 25.2. The van der Waals surface area contributed by atoms with Gasteiger partial charge in [0.15, 0.2) is 5.82 Å². The highest BCUT2D eigenvalue weighted by Gasteiger charge is 2.47. The van der Waals surface area contributed by atoms with Crippen LogP contribution in [0.25, 0.3) is 44.6 Å². The van der Waals surface area contributed by atoms with Crippen molar-refractivity contribution in [2.75, 3.05) is 13.7 Å². The molecule has 3 atom stereocenters. The number of halogens is 1. The molecule has 5 aromatic rings. The van der Waals surface area contributed by atoms with Gasteiger partial charge in [-0.3, -0.25) is 4.79 Å². The number of nitrogens with two attached hydrogens (primary N) is 1. The predicted molar refractivity (Wildman–Crippen MR) is 169 cm³/mol. The van der Waals surface area contributed by atoms with Crippen molar-refractivity contribution in [2.24, 2.45) is 24.6 Å². The number of imidazole rings is 1. The van der Waals surface area contributed by atoms with Gasteiger partial charge in [0.25, 0.3) is 5.91 Å². The molecular formula is C35H34FN5O4. The highest BCUT2D eigenvalue weighted by molar-refractivity contribution is 6.01. The predicted octanol–water partition coefficient (Wildman–Crippen LogP) is 5.68. The Bertz CT molecular complexity index is 2040. The topological polar surface area (TPSA) is 116 Å². The van der Waals surface area contributed by atoms with E-state index in [1.165, 1.54) is 12.1 Å². The van der Waals surface area contributed by atoms with Gasteiger partial charge in [0.05, 0.1) is 23.9 Å². The summed E-state index contributed by atoms with van der Waals surface area (Å²) in [7, 11) is 3.57. The number of carbonyl (C=O) groups is 2. The zero-order chi connectivity index (χ0) is 31.1. The number of carboxylic acids is 1. The van der Waals surface area contributed by atoms with Crippen molar-refractivity contribution in [1.29, 1.82) is 0 Å². The molecule has 2 aromatic heterocycles. The number of nitrogens with zero attached hydrogens (tertiary/aromatic N) is 4. The molecular weight excluding hydrogens is 573 g/mol. The third-order valence-electron chi connectivity index (χ3n) is 10.1. The van der Waals surface area contributed by atoms with Gasteiger partial charge in [-0.25, -0.2) is 14.2 Å². The molecule has 10 heteroatoms. The van der Waals surface area contributed by atoms with Crippen molar-refractivity contribution >= 4 is 33.8 Å². The molecule has 3 fully saturated rings. The number of rotatable bonds is 7. The van der Waals surface area contributed by atoms with Gasteiger partial charge in [-0.2, -0.15) is 0 Å². The molecule has 2 saturated carbocycles.